The van der Waals surface area contributed by atoms with Crippen LogP contribution in [-0.4, -0.2) is 21.4 Å². The summed E-state index contributed by atoms with van der Waals surface area (Å²) in [5.74, 6) is -0.445. The fraction of sp³-hybridized carbons (Fsp3) is 0.136. The number of nitrogens with zero attached hydrogens (tertiary/aromatic N) is 2. The number of furan rings is 1. The highest BCUT2D eigenvalue weighted by Gasteiger charge is 2.21. The van der Waals surface area contributed by atoms with Crippen molar-refractivity contribution in [3.63, 3.8) is 0 Å². The molecule has 7 nitrogen and oxygen atoms in total. The van der Waals surface area contributed by atoms with Crippen LogP contribution in [0.5, 0.6) is 0 Å². The fourth-order valence-corrected chi connectivity index (χ4v) is 3.24. The van der Waals surface area contributed by atoms with Gasteiger partial charge in [-0.2, -0.15) is 0 Å². The molecule has 4 aromatic rings. The number of fused-ring (bicyclic) bond motifs is 1. The number of rotatable bonds is 6. The average Bonchev–Trinajstić information content (AvgIpc) is 3.37. The van der Waals surface area contributed by atoms with Gasteiger partial charge in [0.2, 0.25) is 5.91 Å². The minimum Gasteiger partial charge on any atom is -0.459 e. The lowest BCUT2D eigenvalue weighted by Gasteiger charge is -2.16. The number of carbonyl (C=O) groups is 2. The van der Waals surface area contributed by atoms with E-state index < -0.39 is 11.9 Å². The highest BCUT2D eigenvalue weighted by Crippen LogP contribution is 2.21. The van der Waals surface area contributed by atoms with E-state index in [-0.39, 0.29) is 24.1 Å². The number of anilines is 1. The highest BCUT2D eigenvalue weighted by molar-refractivity contribution is 5.92. The van der Waals surface area contributed by atoms with Gasteiger partial charge in [-0.3, -0.25) is 9.59 Å². The number of amides is 2. The predicted octanol–water partition coefficient (Wildman–Crippen LogP) is 3.90. The van der Waals surface area contributed by atoms with Crippen molar-refractivity contribution < 1.29 is 18.4 Å². The molecule has 30 heavy (non-hydrogen) atoms. The molecule has 2 aromatic heterocycles. The molecule has 0 fully saturated rings. The Hall–Kier alpha value is -3.94. The number of para-hydroxylation sites is 2. The van der Waals surface area contributed by atoms with Gasteiger partial charge in [-0.1, -0.05) is 18.2 Å². The number of aromatic nitrogens is 2. The predicted molar refractivity (Wildman–Crippen MR) is 109 cm³/mol. The first kappa shape index (κ1) is 19.4. The van der Waals surface area contributed by atoms with Crippen LogP contribution in [0.4, 0.5) is 10.1 Å². The molecule has 2 N–H and O–H groups in total. The summed E-state index contributed by atoms with van der Waals surface area (Å²) in [6, 6.07) is 15.8. The lowest BCUT2D eigenvalue weighted by molar-refractivity contribution is -0.116. The third kappa shape index (κ3) is 4.07. The number of hydrogen-bond acceptors (Lipinski definition) is 4. The van der Waals surface area contributed by atoms with Gasteiger partial charge < -0.3 is 19.6 Å². The summed E-state index contributed by atoms with van der Waals surface area (Å²) in [5, 5.41) is 5.52. The summed E-state index contributed by atoms with van der Waals surface area (Å²) in [4.78, 5) is 29.6. The standard InChI is InChI=1S/C22H19FN4O3/c1-14(24-22(29)19-10-5-11-30-19)21-26-17-8-2-3-9-18(17)27(21)13-20(28)25-16-7-4-6-15(23)12-16/h2-12,14H,13H2,1H3,(H,24,29)(H,25,28). The van der Waals surface area contributed by atoms with E-state index >= 15 is 0 Å². The number of halogens is 1. The SMILES string of the molecule is CC(NC(=O)c1ccco1)c1nc2ccccc2n1CC(=O)Nc1cccc(F)c1. The van der Waals surface area contributed by atoms with E-state index in [1.165, 1.54) is 24.5 Å². The number of hydrogen-bond donors (Lipinski definition) is 2. The van der Waals surface area contributed by atoms with Crippen LogP contribution in [0.1, 0.15) is 29.3 Å². The van der Waals surface area contributed by atoms with Crippen molar-refractivity contribution in [2.75, 3.05) is 5.32 Å². The van der Waals surface area contributed by atoms with Crippen LogP contribution in [-0.2, 0) is 11.3 Å². The van der Waals surface area contributed by atoms with E-state index in [0.29, 0.717) is 17.0 Å². The van der Waals surface area contributed by atoms with Crippen LogP contribution in [0.3, 0.4) is 0 Å². The summed E-state index contributed by atoms with van der Waals surface area (Å²) in [5.41, 5.74) is 1.82. The van der Waals surface area contributed by atoms with E-state index in [1.807, 2.05) is 24.3 Å². The Kier molecular flexibility index (Phi) is 5.30. The number of carbonyl (C=O) groups excluding carboxylic acids is 2. The minimum atomic E-state index is -0.489. The summed E-state index contributed by atoms with van der Waals surface area (Å²) in [6.45, 7) is 1.73. The first-order chi connectivity index (χ1) is 14.5. The van der Waals surface area contributed by atoms with Crippen LogP contribution >= 0.6 is 0 Å². The quantitative estimate of drug-likeness (QED) is 0.508. The molecule has 2 heterocycles. The van der Waals surface area contributed by atoms with Crippen molar-refractivity contribution in [2.24, 2.45) is 0 Å². The lowest BCUT2D eigenvalue weighted by atomic mass is 10.2. The van der Waals surface area contributed by atoms with E-state index in [1.54, 1.807) is 29.7 Å². The molecule has 4 rings (SSSR count). The second-order valence-corrected chi connectivity index (χ2v) is 6.78. The molecular formula is C22H19FN4O3. The van der Waals surface area contributed by atoms with E-state index in [9.17, 15) is 14.0 Å². The summed E-state index contributed by atoms with van der Waals surface area (Å²) in [7, 11) is 0. The molecule has 0 saturated carbocycles. The number of imidazole rings is 1. The van der Waals surface area contributed by atoms with Gasteiger partial charge in [-0.15, -0.1) is 0 Å². The molecule has 1 unspecified atom stereocenters. The monoisotopic (exact) mass is 406 g/mol. The minimum absolute atomic E-state index is 0.0483. The highest BCUT2D eigenvalue weighted by atomic mass is 19.1. The Morgan fingerprint density at radius 3 is 2.73 bits per heavy atom. The normalized spacial score (nSPS) is 11.9. The third-order valence-corrected chi connectivity index (χ3v) is 4.57. The fourth-order valence-electron chi connectivity index (χ4n) is 3.24. The summed E-state index contributed by atoms with van der Waals surface area (Å²) in [6.07, 6.45) is 1.42. The Bertz CT molecular complexity index is 1200. The first-order valence-corrected chi connectivity index (χ1v) is 9.36. The van der Waals surface area contributed by atoms with Gasteiger partial charge in [0.1, 0.15) is 18.2 Å². The van der Waals surface area contributed by atoms with Crippen molar-refractivity contribution in [1.29, 1.82) is 0 Å². The Morgan fingerprint density at radius 1 is 1.13 bits per heavy atom. The second-order valence-electron chi connectivity index (χ2n) is 6.78. The summed E-state index contributed by atoms with van der Waals surface area (Å²) < 4.78 is 20.3. The van der Waals surface area contributed by atoms with Crippen molar-refractivity contribution in [3.05, 3.63) is 84.3 Å². The molecule has 152 valence electrons. The molecule has 8 heteroatoms. The zero-order chi connectivity index (χ0) is 21.1. The van der Waals surface area contributed by atoms with Crippen LogP contribution < -0.4 is 10.6 Å². The smallest absolute Gasteiger partial charge is 0.287 e. The Morgan fingerprint density at radius 2 is 1.97 bits per heavy atom. The van der Waals surface area contributed by atoms with Crippen LogP contribution in [0.25, 0.3) is 11.0 Å². The van der Waals surface area contributed by atoms with Crippen molar-refractivity contribution >= 4 is 28.5 Å². The third-order valence-electron chi connectivity index (χ3n) is 4.57. The largest absolute Gasteiger partial charge is 0.459 e. The maximum absolute atomic E-state index is 13.4. The first-order valence-electron chi connectivity index (χ1n) is 9.36. The van der Waals surface area contributed by atoms with Gasteiger partial charge in [0.15, 0.2) is 5.76 Å². The van der Waals surface area contributed by atoms with Crippen LogP contribution in [0.15, 0.2) is 71.3 Å². The van der Waals surface area contributed by atoms with Gasteiger partial charge in [-0.05, 0) is 49.4 Å². The van der Waals surface area contributed by atoms with Gasteiger partial charge >= 0.3 is 0 Å². The van der Waals surface area contributed by atoms with Crippen LogP contribution in [0.2, 0.25) is 0 Å². The molecule has 0 bridgehead atoms. The van der Waals surface area contributed by atoms with Crippen molar-refractivity contribution in [3.8, 4) is 0 Å². The van der Waals surface area contributed by atoms with Gasteiger partial charge in [0.05, 0.1) is 23.3 Å². The number of nitrogens with one attached hydrogen (secondary N) is 2. The van der Waals surface area contributed by atoms with Gasteiger partial charge in [0, 0.05) is 5.69 Å². The zero-order valence-corrected chi connectivity index (χ0v) is 16.1. The average molecular weight is 406 g/mol. The molecule has 0 radical (unpaired) electrons. The Balaban J connectivity index is 1.60. The summed E-state index contributed by atoms with van der Waals surface area (Å²) >= 11 is 0. The molecule has 0 aliphatic carbocycles. The van der Waals surface area contributed by atoms with E-state index in [4.69, 9.17) is 4.42 Å². The second kappa shape index (κ2) is 8.20. The maximum atomic E-state index is 13.4. The van der Waals surface area contributed by atoms with Gasteiger partial charge in [-0.25, -0.2) is 9.37 Å². The van der Waals surface area contributed by atoms with Gasteiger partial charge in [0.25, 0.3) is 5.91 Å². The molecule has 0 spiro atoms. The van der Waals surface area contributed by atoms with Crippen molar-refractivity contribution in [1.82, 2.24) is 14.9 Å². The maximum Gasteiger partial charge on any atom is 0.287 e. The topological polar surface area (TPSA) is 89.2 Å². The van der Waals surface area contributed by atoms with Crippen LogP contribution in [0, 0.1) is 5.82 Å². The lowest BCUT2D eigenvalue weighted by Crippen LogP contribution is -2.29. The molecule has 2 amide bonds. The van der Waals surface area contributed by atoms with Crippen molar-refractivity contribution in [2.45, 2.75) is 19.5 Å². The molecule has 0 aliphatic heterocycles. The molecule has 1 atom stereocenters. The molecule has 0 aliphatic rings. The molecule has 0 saturated heterocycles. The van der Waals surface area contributed by atoms with E-state index in [0.717, 1.165) is 5.52 Å². The molecule has 2 aromatic carbocycles. The Labute approximate surface area is 171 Å². The molecular weight excluding hydrogens is 387 g/mol. The van der Waals surface area contributed by atoms with E-state index in [2.05, 4.69) is 15.6 Å². The zero-order valence-electron chi connectivity index (χ0n) is 16.1. The number of benzene rings is 2.